The molecule has 2 aromatic rings. The molecule has 1 atom stereocenters. The zero-order valence-electron chi connectivity index (χ0n) is 10.6. The number of benzene rings is 1. The van der Waals surface area contributed by atoms with Gasteiger partial charge in [-0.1, -0.05) is 6.07 Å². The average Bonchev–Trinajstić information content (AvgIpc) is 2.38. The number of nitrogens with one attached hydrogen (secondary N) is 1. The van der Waals surface area contributed by atoms with Gasteiger partial charge in [-0.25, -0.2) is 0 Å². The third-order valence-corrected chi connectivity index (χ3v) is 2.48. The van der Waals surface area contributed by atoms with Crippen LogP contribution in [0.3, 0.4) is 0 Å². The third-order valence-electron chi connectivity index (χ3n) is 2.48. The Morgan fingerprint density at radius 2 is 2.05 bits per heavy atom. The van der Waals surface area contributed by atoms with Crippen LogP contribution in [0.5, 0.6) is 5.75 Å². The van der Waals surface area contributed by atoms with E-state index in [1.165, 1.54) is 18.2 Å². The molecular weight excluding hydrogens is 271 g/mol. The minimum Gasteiger partial charge on any atom is -0.406 e. The molecule has 7 heteroatoms. The summed E-state index contributed by atoms with van der Waals surface area (Å²) in [5.74, 6) is -0.270. The highest BCUT2D eigenvalue weighted by molar-refractivity contribution is 5.49. The summed E-state index contributed by atoms with van der Waals surface area (Å²) in [6, 6.07) is 5.46. The Labute approximate surface area is 113 Å². The first kappa shape index (κ1) is 14.1. The summed E-state index contributed by atoms with van der Waals surface area (Å²) in [5, 5.41) is 3.03. The van der Waals surface area contributed by atoms with Crippen molar-refractivity contribution >= 4 is 5.69 Å². The summed E-state index contributed by atoms with van der Waals surface area (Å²) < 4.78 is 40.3. The molecule has 4 nitrogen and oxygen atoms in total. The minimum atomic E-state index is -4.70. The molecule has 0 amide bonds. The number of rotatable bonds is 4. The van der Waals surface area contributed by atoms with Gasteiger partial charge in [-0.15, -0.1) is 13.2 Å². The van der Waals surface area contributed by atoms with E-state index < -0.39 is 6.36 Å². The van der Waals surface area contributed by atoms with E-state index in [1.54, 1.807) is 24.7 Å². The predicted molar refractivity (Wildman–Crippen MR) is 67.2 cm³/mol. The summed E-state index contributed by atoms with van der Waals surface area (Å²) in [7, 11) is 0. The monoisotopic (exact) mass is 283 g/mol. The molecule has 0 spiro atoms. The zero-order chi connectivity index (χ0) is 14.6. The number of ether oxygens (including phenoxy) is 1. The van der Waals surface area contributed by atoms with Crippen molar-refractivity contribution < 1.29 is 17.9 Å². The van der Waals surface area contributed by atoms with Gasteiger partial charge in [0.05, 0.1) is 17.9 Å². The molecule has 0 fully saturated rings. The summed E-state index contributed by atoms with van der Waals surface area (Å²) in [6.45, 7) is 1.83. The van der Waals surface area contributed by atoms with E-state index >= 15 is 0 Å². The molecule has 1 aromatic heterocycles. The van der Waals surface area contributed by atoms with Crippen LogP contribution < -0.4 is 10.1 Å². The van der Waals surface area contributed by atoms with E-state index in [-0.39, 0.29) is 11.8 Å². The van der Waals surface area contributed by atoms with Gasteiger partial charge in [0, 0.05) is 24.1 Å². The molecule has 106 valence electrons. The van der Waals surface area contributed by atoms with E-state index in [0.29, 0.717) is 11.4 Å². The van der Waals surface area contributed by atoms with Crippen molar-refractivity contribution in [2.75, 3.05) is 5.32 Å². The summed E-state index contributed by atoms with van der Waals surface area (Å²) in [5.41, 5.74) is 1.19. The Morgan fingerprint density at radius 1 is 1.25 bits per heavy atom. The topological polar surface area (TPSA) is 47.0 Å². The number of halogens is 3. The largest absolute Gasteiger partial charge is 0.573 e. The lowest BCUT2D eigenvalue weighted by Crippen LogP contribution is -2.17. The lowest BCUT2D eigenvalue weighted by atomic mass is 10.2. The minimum absolute atomic E-state index is 0.190. The average molecular weight is 283 g/mol. The molecule has 0 saturated carbocycles. The number of aromatic nitrogens is 2. The van der Waals surface area contributed by atoms with E-state index in [4.69, 9.17) is 0 Å². The number of anilines is 1. The molecule has 2 rings (SSSR count). The van der Waals surface area contributed by atoms with Crippen LogP contribution in [0, 0.1) is 0 Å². The molecule has 1 N–H and O–H groups in total. The van der Waals surface area contributed by atoms with Gasteiger partial charge in [0.1, 0.15) is 5.75 Å². The normalized spacial score (nSPS) is 12.8. The molecule has 20 heavy (non-hydrogen) atoms. The maximum Gasteiger partial charge on any atom is 0.573 e. The second-order valence-electron chi connectivity index (χ2n) is 4.07. The van der Waals surface area contributed by atoms with Gasteiger partial charge in [-0.2, -0.15) is 0 Å². The van der Waals surface area contributed by atoms with Gasteiger partial charge in [-0.05, 0) is 19.1 Å². The highest BCUT2D eigenvalue weighted by atomic mass is 19.4. The van der Waals surface area contributed by atoms with Crippen molar-refractivity contribution in [2.24, 2.45) is 0 Å². The SMILES string of the molecule is CC(Nc1cccc(OC(F)(F)F)c1)c1cnccn1. The van der Waals surface area contributed by atoms with E-state index in [0.717, 1.165) is 0 Å². The highest BCUT2D eigenvalue weighted by Gasteiger charge is 2.31. The van der Waals surface area contributed by atoms with Crippen LogP contribution in [0.15, 0.2) is 42.9 Å². The molecule has 1 aromatic carbocycles. The summed E-state index contributed by atoms with van der Waals surface area (Å²) in [6.07, 6.45) is -0.00636. The second kappa shape index (κ2) is 5.77. The van der Waals surface area contributed by atoms with Crippen molar-refractivity contribution in [1.82, 2.24) is 9.97 Å². The molecule has 0 aliphatic carbocycles. The van der Waals surface area contributed by atoms with Crippen LogP contribution in [-0.2, 0) is 0 Å². The Hall–Kier alpha value is -2.31. The van der Waals surface area contributed by atoms with Gasteiger partial charge < -0.3 is 10.1 Å². The molecule has 0 aliphatic rings. The lowest BCUT2D eigenvalue weighted by Gasteiger charge is -2.15. The molecule has 0 bridgehead atoms. The van der Waals surface area contributed by atoms with Crippen LogP contribution in [0.4, 0.5) is 18.9 Å². The third kappa shape index (κ3) is 4.11. The molecule has 0 aliphatic heterocycles. The quantitative estimate of drug-likeness (QED) is 0.932. The summed E-state index contributed by atoms with van der Waals surface area (Å²) >= 11 is 0. The lowest BCUT2D eigenvalue weighted by molar-refractivity contribution is -0.274. The second-order valence-corrected chi connectivity index (χ2v) is 4.07. The number of nitrogens with zero attached hydrogens (tertiary/aromatic N) is 2. The fourth-order valence-electron chi connectivity index (χ4n) is 1.64. The van der Waals surface area contributed by atoms with Gasteiger partial charge in [0.15, 0.2) is 0 Å². The number of hydrogen-bond acceptors (Lipinski definition) is 4. The number of alkyl halides is 3. The molecule has 1 heterocycles. The van der Waals surface area contributed by atoms with Crippen LogP contribution >= 0.6 is 0 Å². The standard InChI is InChI=1S/C13H12F3N3O/c1-9(12-8-17-5-6-18-12)19-10-3-2-4-11(7-10)20-13(14,15)16/h2-9,19H,1H3. The first-order valence-corrected chi connectivity index (χ1v) is 5.82. The maximum atomic E-state index is 12.1. The van der Waals surface area contributed by atoms with Crippen molar-refractivity contribution in [3.63, 3.8) is 0 Å². The summed E-state index contributed by atoms with van der Waals surface area (Å²) in [4.78, 5) is 8.06. The van der Waals surface area contributed by atoms with Gasteiger partial charge >= 0.3 is 6.36 Å². The van der Waals surface area contributed by atoms with Crippen LogP contribution in [-0.4, -0.2) is 16.3 Å². The first-order valence-electron chi connectivity index (χ1n) is 5.82. The van der Waals surface area contributed by atoms with Crippen molar-refractivity contribution in [2.45, 2.75) is 19.3 Å². The van der Waals surface area contributed by atoms with E-state index in [9.17, 15) is 13.2 Å². The van der Waals surface area contributed by atoms with Gasteiger partial charge in [0.25, 0.3) is 0 Å². The molecule has 1 unspecified atom stereocenters. The van der Waals surface area contributed by atoms with Crippen LogP contribution in [0.2, 0.25) is 0 Å². The van der Waals surface area contributed by atoms with E-state index in [2.05, 4.69) is 20.0 Å². The molecular formula is C13H12F3N3O. The molecule has 0 radical (unpaired) electrons. The Morgan fingerprint density at radius 3 is 2.70 bits per heavy atom. The Bertz CT molecular complexity index is 560. The highest BCUT2D eigenvalue weighted by Crippen LogP contribution is 2.26. The van der Waals surface area contributed by atoms with Crippen molar-refractivity contribution in [1.29, 1.82) is 0 Å². The maximum absolute atomic E-state index is 12.1. The zero-order valence-corrected chi connectivity index (χ0v) is 10.6. The van der Waals surface area contributed by atoms with Crippen molar-refractivity contribution in [3.8, 4) is 5.75 Å². The van der Waals surface area contributed by atoms with Gasteiger partial charge in [-0.3, -0.25) is 9.97 Å². The predicted octanol–water partition coefficient (Wildman–Crippen LogP) is 3.55. The van der Waals surface area contributed by atoms with Crippen LogP contribution in [0.1, 0.15) is 18.7 Å². The Balaban J connectivity index is 2.08. The van der Waals surface area contributed by atoms with Crippen molar-refractivity contribution in [3.05, 3.63) is 48.5 Å². The fraction of sp³-hybridized carbons (Fsp3) is 0.231. The molecule has 0 saturated heterocycles. The van der Waals surface area contributed by atoms with Gasteiger partial charge in [0.2, 0.25) is 0 Å². The Kier molecular flexibility index (Phi) is 4.07. The van der Waals surface area contributed by atoms with Crippen LogP contribution in [0.25, 0.3) is 0 Å². The van der Waals surface area contributed by atoms with E-state index in [1.807, 2.05) is 6.92 Å². The smallest absolute Gasteiger partial charge is 0.406 e. The fourth-order valence-corrected chi connectivity index (χ4v) is 1.64. The first-order chi connectivity index (χ1) is 9.44. The number of hydrogen-bond donors (Lipinski definition) is 1.